The quantitative estimate of drug-likeness (QED) is 0.628. The van der Waals surface area contributed by atoms with Crippen molar-refractivity contribution < 1.29 is 4.74 Å². The molecule has 2 aromatic rings. The molecule has 0 bridgehead atoms. The fraction of sp³-hybridized carbons (Fsp3) is 0. The lowest BCUT2D eigenvalue weighted by molar-refractivity contribution is 0.440. The van der Waals surface area contributed by atoms with Gasteiger partial charge < -0.3 is 4.74 Å². The fourth-order valence-electron chi connectivity index (χ4n) is 1.53. The summed E-state index contributed by atoms with van der Waals surface area (Å²) in [5.41, 5.74) is 2.00. The van der Waals surface area contributed by atoms with E-state index in [0.29, 0.717) is 6.01 Å². The van der Waals surface area contributed by atoms with Gasteiger partial charge in [-0.3, -0.25) is 4.57 Å². The first kappa shape index (κ1) is 7.38. The number of aromatic nitrogens is 2. The number of imidazole rings is 1. The third-order valence-electron chi connectivity index (χ3n) is 2.16. The zero-order valence-electron chi connectivity index (χ0n) is 7.42. The van der Waals surface area contributed by atoms with Gasteiger partial charge in [0, 0.05) is 6.20 Å². The highest BCUT2D eigenvalue weighted by molar-refractivity contribution is 5.79. The van der Waals surface area contributed by atoms with E-state index in [2.05, 4.69) is 4.98 Å². The number of para-hydroxylation sites is 2. The van der Waals surface area contributed by atoms with Crippen LogP contribution in [0.15, 0.2) is 42.7 Å². The summed E-state index contributed by atoms with van der Waals surface area (Å²) >= 11 is 0. The highest BCUT2D eigenvalue weighted by Crippen LogP contribution is 2.22. The third kappa shape index (κ3) is 0.956. The Bertz CT molecular complexity index is 537. The molecule has 14 heavy (non-hydrogen) atoms. The van der Waals surface area contributed by atoms with Crippen LogP contribution in [-0.2, 0) is 0 Å². The molecule has 3 nitrogen and oxygen atoms in total. The minimum atomic E-state index is 0.608. The molecule has 1 aromatic carbocycles. The van der Waals surface area contributed by atoms with Crippen LogP contribution in [-0.4, -0.2) is 9.55 Å². The maximum Gasteiger partial charge on any atom is 0.306 e. The summed E-state index contributed by atoms with van der Waals surface area (Å²) in [6.45, 7) is 0. The van der Waals surface area contributed by atoms with E-state index in [-0.39, 0.29) is 0 Å². The van der Waals surface area contributed by atoms with Gasteiger partial charge in [0.1, 0.15) is 0 Å². The van der Waals surface area contributed by atoms with E-state index in [1.165, 1.54) is 0 Å². The molecule has 0 saturated heterocycles. The summed E-state index contributed by atoms with van der Waals surface area (Å²) < 4.78 is 7.27. The second-order valence-corrected chi connectivity index (χ2v) is 3.04. The minimum absolute atomic E-state index is 0.608. The van der Waals surface area contributed by atoms with Crippen molar-refractivity contribution in [1.82, 2.24) is 9.55 Å². The molecule has 68 valence electrons. The van der Waals surface area contributed by atoms with Crippen molar-refractivity contribution in [3.05, 3.63) is 42.7 Å². The van der Waals surface area contributed by atoms with Crippen LogP contribution in [0.2, 0.25) is 0 Å². The number of ether oxygens (including phenoxy) is 1. The molecule has 0 atom stereocenters. The predicted octanol–water partition coefficient (Wildman–Crippen LogP) is 2.41. The highest BCUT2D eigenvalue weighted by Gasteiger charge is 2.08. The Morgan fingerprint density at radius 3 is 3.07 bits per heavy atom. The number of benzene rings is 1. The minimum Gasteiger partial charge on any atom is -0.433 e. The first-order valence-corrected chi connectivity index (χ1v) is 4.42. The van der Waals surface area contributed by atoms with Gasteiger partial charge in [0.2, 0.25) is 0 Å². The Morgan fingerprint density at radius 1 is 1.14 bits per heavy atom. The third-order valence-corrected chi connectivity index (χ3v) is 2.16. The molecule has 0 spiro atoms. The maximum atomic E-state index is 5.34. The number of allylic oxidation sites excluding steroid dienone is 2. The molecule has 2 heterocycles. The maximum absolute atomic E-state index is 5.34. The standard InChI is InChI=1S/C11H8N2O/c1-2-6-10-9(5-1)12-11-13(10)7-3-4-8-14-11/h1-8H. The van der Waals surface area contributed by atoms with Crippen molar-refractivity contribution >= 4 is 17.2 Å². The van der Waals surface area contributed by atoms with Crippen molar-refractivity contribution in [2.45, 2.75) is 0 Å². The monoisotopic (exact) mass is 184 g/mol. The molecule has 0 fully saturated rings. The van der Waals surface area contributed by atoms with Crippen LogP contribution in [0, 0.1) is 0 Å². The van der Waals surface area contributed by atoms with Crippen molar-refractivity contribution in [1.29, 1.82) is 0 Å². The van der Waals surface area contributed by atoms with E-state index >= 15 is 0 Å². The van der Waals surface area contributed by atoms with Gasteiger partial charge in [-0.25, -0.2) is 0 Å². The lowest BCUT2D eigenvalue weighted by Gasteiger charge is -1.98. The molecule has 0 N–H and O–H groups in total. The zero-order valence-corrected chi connectivity index (χ0v) is 7.42. The summed E-state index contributed by atoms with van der Waals surface area (Å²) in [6.07, 6.45) is 7.32. The normalized spacial score (nSPS) is 13.7. The molecule has 0 unspecified atom stereocenters. The molecule has 0 saturated carbocycles. The Hall–Kier alpha value is -2.03. The number of nitrogens with zero attached hydrogens (tertiary/aromatic N) is 2. The molecule has 0 radical (unpaired) electrons. The van der Waals surface area contributed by atoms with Gasteiger partial charge >= 0.3 is 6.01 Å². The highest BCUT2D eigenvalue weighted by atomic mass is 16.5. The van der Waals surface area contributed by atoms with E-state index in [4.69, 9.17) is 4.74 Å². The van der Waals surface area contributed by atoms with Crippen LogP contribution in [0.3, 0.4) is 0 Å². The van der Waals surface area contributed by atoms with Crippen LogP contribution >= 0.6 is 0 Å². The predicted molar refractivity (Wildman–Crippen MR) is 54.8 cm³/mol. The topological polar surface area (TPSA) is 27.1 Å². The van der Waals surface area contributed by atoms with E-state index in [9.17, 15) is 0 Å². The molecule has 1 aliphatic heterocycles. The number of hydrogen-bond acceptors (Lipinski definition) is 2. The van der Waals surface area contributed by atoms with Gasteiger partial charge in [0.05, 0.1) is 17.3 Å². The molecule has 3 rings (SSSR count). The van der Waals surface area contributed by atoms with Crippen molar-refractivity contribution in [3.8, 4) is 6.01 Å². The number of fused-ring (bicyclic) bond motifs is 3. The Kier molecular flexibility index (Phi) is 1.44. The van der Waals surface area contributed by atoms with E-state index in [1.54, 1.807) is 6.26 Å². The lowest BCUT2D eigenvalue weighted by Crippen LogP contribution is -1.89. The summed E-state index contributed by atoms with van der Waals surface area (Å²) in [5, 5.41) is 0. The SMILES string of the molecule is C1=COc2nc3ccccc3n2C=C1. The second kappa shape index (κ2) is 2.73. The zero-order chi connectivity index (χ0) is 9.38. The molecule has 1 aliphatic rings. The molecule has 0 aliphatic carbocycles. The van der Waals surface area contributed by atoms with Crippen molar-refractivity contribution in [2.75, 3.05) is 0 Å². The first-order chi connectivity index (χ1) is 6.95. The lowest BCUT2D eigenvalue weighted by atomic mass is 10.3. The summed E-state index contributed by atoms with van der Waals surface area (Å²) in [4.78, 5) is 4.35. The van der Waals surface area contributed by atoms with Gasteiger partial charge in [-0.1, -0.05) is 12.1 Å². The molecule has 3 heteroatoms. The summed E-state index contributed by atoms with van der Waals surface area (Å²) in [7, 11) is 0. The molecular formula is C11H8N2O. The van der Waals surface area contributed by atoms with E-state index in [1.807, 2.05) is 47.2 Å². The van der Waals surface area contributed by atoms with Crippen molar-refractivity contribution in [3.63, 3.8) is 0 Å². The summed E-state index contributed by atoms with van der Waals surface area (Å²) in [5.74, 6) is 0. The second-order valence-electron chi connectivity index (χ2n) is 3.04. The Balaban J connectivity index is 2.37. The van der Waals surface area contributed by atoms with Crippen molar-refractivity contribution in [2.24, 2.45) is 0 Å². The Morgan fingerprint density at radius 2 is 2.07 bits per heavy atom. The van der Waals surface area contributed by atoms with E-state index < -0.39 is 0 Å². The number of rotatable bonds is 0. The number of hydrogen-bond donors (Lipinski definition) is 0. The van der Waals surface area contributed by atoms with Gasteiger partial charge in [-0.15, -0.1) is 0 Å². The van der Waals surface area contributed by atoms with E-state index in [0.717, 1.165) is 11.0 Å². The van der Waals surface area contributed by atoms with Crippen LogP contribution in [0.1, 0.15) is 0 Å². The van der Waals surface area contributed by atoms with Crippen LogP contribution in [0.5, 0.6) is 6.01 Å². The van der Waals surface area contributed by atoms with Gasteiger partial charge in [-0.05, 0) is 24.3 Å². The van der Waals surface area contributed by atoms with Crippen LogP contribution < -0.4 is 4.74 Å². The first-order valence-electron chi connectivity index (χ1n) is 4.42. The summed E-state index contributed by atoms with van der Waals surface area (Å²) in [6, 6.07) is 8.55. The van der Waals surface area contributed by atoms with Gasteiger partial charge in [0.25, 0.3) is 0 Å². The smallest absolute Gasteiger partial charge is 0.306 e. The Labute approximate surface area is 80.9 Å². The largest absolute Gasteiger partial charge is 0.433 e. The average Bonchev–Trinajstić information content (AvgIpc) is 2.42. The van der Waals surface area contributed by atoms with Crippen LogP contribution in [0.25, 0.3) is 17.2 Å². The molecule has 1 aromatic heterocycles. The molecular weight excluding hydrogens is 176 g/mol. The fourth-order valence-corrected chi connectivity index (χ4v) is 1.53. The van der Waals surface area contributed by atoms with Crippen LogP contribution in [0.4, 0.5) is 0 Å². The van der Waals surface area contributed by atoms with Gasteiger partial charge in [0.15, 0.2) is 0 Å². The average molecular weight is 184 g/mol. The molecule has 0 amide bonds. The van der Waals surface area contributed by atoms with Gasteiger partial charge in [-0.2, -0.15) is 4.98 Å².